The van der Waals surface area contributed by atoms with E-state index < -0.39 is 11.2 Å². The molecule has 0 spiro atoms. The fraction of sp³-hybridized carbons (Fsp3) is 0.643. The fourth-order valence-corrected chi connectivity index (χ4v) is 6.97. The van der Waals surface area contributed by atoms with Crippen molar-refractivity contribution in [2.75, 3.05) is 17.2 Å². The van der Waals surface area contributed by atoms with E-state index in [9.17, 15) is 10.2 Å². The summed E-state index contributed by atoms with van der Waals surface area (Å²) in [5.74, 6) is 1.53. The number of aryl methyl sites for hydroxylation is 2. The number of aromatic nitrogens is 4. The minimum Gasteiger partial charge on any atom is -0.390 e. The van der Waals surface area contributed by atoms with Crippen LogP contribution < -0.4 is 10.6 Å². The van der Waals surface area contributed by atoms with E-state index >= 15 is 0 Å². The zero-order valence-corrected chi connectivity index (χ0v) is 23.3. The first-order valence-corrected chi connectivity index (χ1v) is 14.5. The normalized spacial score (nSPS) is 22.2. The van der Waals surface area contributed by atoms with Crippen molar-refractivity contribution in [3.8, 4) is 10.6 Å². The van der Waals surface area contributed by atoms with Gasteiger partial charge in [0.25, 0.3) is 0 Å². The van der Waals surface area contributed by atoms with Gasteiger partial charge in [-0.3, -0.25) is 4.98 Å². The Hall–Kier alpha value is -2.36. The Morgan fingerprint density at radius 2 is 1.81 bits per heavy atom. The summed E-state index contributed by atoms with van der Waals surface area (Å²) in [4.78, 5) is 19.1. The molecule has 2 unspecified atom stereocenters. The molecule has 0 aliphatic heterocycles. The summed E-state index contributed by atoms with van der Waals surface area (Å²) in [6, 6.07) is 2.21. The topological polar surface area (TPSA) is 116 Å². The molecule has 9 heteroatoms. The molecule has 2 aliphatic rings. The predicted octanol–water partition coefficient (Wildman–Crippen LogP) is 5.61. The molecular formula is C28H40N6O2S. The highest BCUT2D eigenvalue weighted by Crippen LogP contribution is 2.40. The summed E-state index contributed by atoms with van der Waals surface area (Å²) in [5.41, 5.74) is 2.16. The molecule has 0 saturated heterocycles. The van der Waals surface area contributed by atoms with Crippen LogP contribution >= 0.6 is 11.3 Å². The van der Waals surface area contributed by atoms with E-state index in [1.54, 1.807) is 11.3 Å². The second-order valence-corrected chi connectivity index (χ2v) is 12.6. The Balaban J connectivity index is 1.46. The highest BCUT2D eigenvalue weighted by atomic mass is 32.1. The third-order valence-electron chi connectivity index (χ3n) is 8.18. The molecular weight excluding hydrogens is 484 g/mol. The molecule has 3 aromatic heterocycles. The SMILES string of the molecule is Cc1nc(NCC2(O)CCCCCC2)nc(NC2CCC(C(C)(C)O)C2)c1-c1nc2c(C)nccc2s1. The molecule has 2 aliphatic carbocycles. The fourth-order valence-electron chi connectivity index (χ4n) is 5.86. The van der Waals surface area contributed by atoms with Gasteiger partial charge in [-0.25, -0.2) is 9.97 Å². The maximum absolute atomic E-state index is 11.2. The van der Waals surface area contributed by atoms with Crippen LogP contribution in [0.3, 0.4) is 0 Å². The minimum absolute atomic E-state index is 0.209. The highest BCUT2D eigenvalue weighted by Gasteiger charge is 2.35. The van der Waals surface area contributed by atoms with Crippen LogP contribution in [-0.4, -0.2) is 53.9 Å². The summed E-state index contributed by atoms with van der Waals surface area (Å²) in [5, 5.41) is 29.6. The Morgan fingerprint density at radius 3 is 2.49 bits per heavy atom. The van der Waals surface area contributed by atoms with Gasteiger partial charge in [-0.05, 0) is 71.8 Å². The quantitative estimate of drug-likeness (QED) is 0.295. The Morgan fingerprint density at radius 1 is 1.05 bits per heavy atom. The molecule has 4 N–H and O–H groups in total. The molecule has 0 bridgehead atoms. The molecule has 0 aromatic carbocycles. The van der Waals surface area contributed by atoms with Crippen molar-refractivity contribution < 1.29 is 10.2 Å². The average molecular weight is 525 g/mol. The van der Waals surface area contributed by atoms with Crippen LogP contribution in [0.5, 0.6) is 0 Å². The second kappa shape index (κ2) is 10.4. The summed E-state index contributed by atoms with van der Waals surface area (Å²) in [7, 11) is 0. The van der Waals surface area contributed by atoms with Gasteiger partial charge < -0.3 is 20.8 Å². The van der Waals surface area contributed by atoms with Gasteiger partial charge in [0.05, 0.1) is 32.9 Å². The number of rotatable bonds is 7. The lowest BCUT2D eigenvalue weighted by molar-refractivity contribution is 0.0197. The standard InChI is InChI=1S/C28H40N6O2S/c1-17-22(25-33-23-18(2)29-14-11-21(23)37-25)24(32-20-10-9-19(15-20)27(3,4)35)34-26(31-17)30-16-28(36)12-7-5-6-8-13-28/h11,14,19-20,35-36H,5-10,12-13,15-16H2,1-4H3,(H2,30,31,32,34). The molecule has 200 valence electrons. The summed E-state index contributed by atoms with van der Waals surface area (Å²) in [6.07, 6.45) is 10.8. The number of aliphatic hydroxyl groups is 2. The van der Waals surface area contributed by atoms with E-state index in [1.165, 1.54) is 12.8 Å². The monoisotopic (exact) mass is 524 g/mol. The van der Waals surface area contributed by atoms with Crippen molar-refractivity contribution in [3.63, 3.8) is 0 Å². The van der Waals surface area contributed by atoms with Crippen LogP contribution in [0.2, 0.25) is 0 Å². The third kappa shape index (κ3) is 5.89. The third-order valence-corrected chi connectivity index (χ3v) is 9.21. The van der Waals surface area contributed by atoms with Gasteiger partial charge in [0, 0.05) is 18.8 Å². The zero-order chi connectivity index (χ0) is 26.2. The Bertz CT molecular complexity index is 1250. The lowest BCUT2D eigenvalue weighted by atomic mass is 9.89. The Labute approximate surface area is 223 Å². The summed E-state index contributed by atoms with van der Waals surface area (Å²) >= 11 is 1.63. The maximum atomic E-state index is 11.2. The highest BCUT2D eigenvalue weighted by molar-refractivity contribution is 7.21. The number of hydrogen-bond acceptors (Lipinski definition) is 9. The second-order valence-electron chi connectivity index (χ2n) is 11.6. The molecule has 0 radical (unpaired) electrons. The number of anilines is 2. The van der Waals surface area contributed by atoms with Gasteiger partial charge in [-0.15, -0.1) is 11.3 Å². The van der Waals surface area contributed by atoms with Crippen molar-refractivity contribution in [2.45, 2.75) is 103 Å². The number of pyridine rings is 1. The smallest absolute Gasteiger partial charge is 0.225 e. The molecule has 8 nitrogen and oxygen atoms in total. The van der Waals surface area contributed by atoms with Crippen molar-refractivity contribution in [1.29, 1.82) is 0 Å². The van der Waals surface area contributed by atoms with Crippen LogP contribution in [0.25, 0.3) is 20.8 Å². The largest absolute Gasteiger partial charge is 0.390 e. The first-order valence-electron chi connectivity index (χ1n) is 13.7. The molecule has 2 saturated carbocycles. The first-order chi connectivity index (χ1) is 17.6. The Kier molecular flexibility index (Phi) is 7.40. The molecule has 0 amide bonds. The van der Waals surface area contributed by atoms with Gasteiger partial charge in [-0.1, -0.05) is 25.7 Å². The first kappa shape index (κ1) is 26.3. The van der Waals surface area contributed by atoms with E-state index in [4.69, 9.17) is 15.0 Å². The molecule has 37 heavy (non-hydrogen) atoms. The summed E-state index contributed by atoms with van der Waals surface area (Å²) < 4.78 is 1.09. The van der Waals surface area contributed by atoms with Crippen LogP contribution in [0.4, 0.5) is 11.8 Å². The van der Waals surface area contributed by atoms with Crippen molar-refractivity contribution in [2.24, 2.45) is 5.92 Å². The maximum Gasteiger partial charge on any atom is 0.225 e. The van der Waals surface area contributed by atoms with E-state index in [-0.39, 0.29) is 12.0 Å². The van der Waals surface area contributed by atoms with Gasteiger partial charge in [-0.2, -0.15) is 4.98 Å². The van der Waals surface area contributed by atoms with Crippen LogP contribution in [0.1, 0.15) is 83.0 Å². The van der Waals surface area contributed by atoms with Crippen molar-refractivity contribution >= 4 is 33.3 Å². The van der Waals surface area contributed by atoms with Gasteiger partial charge in [0.15, 0.2) is 0 Å². The van der Waals surface area contributed by atoms with Crippen LogP contribution in [0.15, 0.2) is 12.3 Å². The van der Waals surface area contributed by atoms with Gasteiger partial charge >= 0.3 is 0 Å². The van der Waals surface area contributed by atoms with E-state index in [0.717, 1.165) is 82.9 Å². The minimum atomic E-state index is -0.719. The summed E-state index contributed by atoms with van der Waals surface area (Å²) in [6.45, 7) is 8.23. The van der Waals surface area contributed by atoms with E-state index in [2.05, 4.69) is 15.6 Å². The van der Waals surface area contributed by atoms with Gasteiger partial charge in [0.2, 0.25) is 5.95 Å². The average Bonchev–Trinajstić information content (AvgIpc) is 3.42. The lowest BCUT2D eigenvalue weighted by Crippen LogP contribution is -2.36. The van der Waals surface area contributed by atoms with Crippen LogP contribution in [0, 0.1) is 19.8 Å². The van der Waals surface area contributed by atoms with E-state index in [1.807, 2.05) is 40.0 Å². The number of hydrogen-bond donors (Lipinski definition) is 4. The molecule has 2 atom stereocenters. The molecule has 2 fully saturated rings. The number of fused-ring (bicyclic) bond motifs is 1. The number of nitrogens with one attached hydrogen (secondary N) is 2. The zero-order valence-electron chi connectivity index (χ0n) is 22.5. The molecule has 3 heterocycles. The van der Waals surface area contributed by atoms with Crippen molar-refractivity contribution in [3.05, 3.63) is 23.7 Å². The van der Waals surface area contributed by atoms with Crippen LogP contribution in [-0.2, 0) is 0 Å². The van der Waals surface area contributed by atoms with E-state index in [0.29, 0.717) is 12.5 Å². The molecule has 5 rings (SSSR count). The lowest BCUT2D eigenvalue weighted by Gasteiger charge is -2.27. The number of thiazole rings is 1. The van der Waals surface area contributed by atoms with Crippen molar-refractivity contribution in [1.82, 2.24) is 19.9 Å². The predicted molar refractivity (Wildman–Crippen MR) is 150 cm³/mol. The van der Waals surface area contributed by atoms with Gasteiger partial charge in [0.1, 0.15) is 16.3 Å². The molecule has 3 aromatic rings. The number of nitrogens with zero attached hydrogens (tertiary/aromatic N) is 4.